The Hall–Kier alpha value is -1.79. The van der Waals surface area contributed by atoms with Crippen molar-refractivity contribution in [3.8, 4) is 0 Å². The molecule has 1 aromatic carbocycles. The van der Waals surface area contributed by atoms with Gasteiger partial charge in [0.2, 0.25) is 5.91 Å². The number of aliphatic carboxylic acids is 1. The molecule has 1 N–H and O–H groups in total. The third-order valence-corrected chi connectivity index (χ3v) is 3.68. The average Bonchev–Trinajstić information content (AvgIpc) is 2.47. The number of benzene rings is 1. The molecule has 1 rings (SSSR count). The quantitative estimate of drug-likeness (QED) is 0.749. The molecule has 0 saturated carbocycles. The molecule has 1 aromatic rings. The van der Waals surface area contributed by atoms with Gasteiger partial charge in [-0.3, -0.25) is 9.59 Å². The van der Waals surface area contributed by atoms with Gasteiger partial charge in [0.05, 0.1) is 29.6 Å². The number of esters is 1. The number of ether oxygens (including phenoxy) is 1. The number of halogens is 2. The fraction of sp³-hybridized carbons (Fsp3) is 0.357. The van der Waals surface area contributed by atoms with Crippen molar-refractivity contribution in [2.45, 2.75) is 25.3 Å². The van der Waals surface area contributed by atoms with E-state index in [1.54, 1.807) is 18.2 Å². The topological polar surface area (TPSA) is 95.5 Å². The molecule has 0 heterocycles. The Kier molecular flexibility index (Phi) is 7.14. The van der Waals surface area contributed by atoms with E-state index in [-0.39, 0.29) is 22.9 Å². The molecule has 0 aliphatic carbocycles. The van der Waals surface area contributed by atoms with Gasteiger partial charge in [-0.05, 0) is 18.1 Å². The number of hydrogen-bond donors (Lipinski definition) is 1. The highest BCUT2D eigenvalue weighted by molar-refractivity contribution is 6.42. The number of carboxylic acid groups (broad SMARTS) is 1. The maximum atomic E-state index is 11.8. The van der Waals surface area contributed by atoms with Gasteiger partial charge in [-0.15, -0.1) is 0 Å². The number of carboxylic acids is 1. The van der Waals surface area contributed by atoms with Crippen molar-refractivity contribution in [3.05, 3.63) is 33.8 Å². The summed E-state index contributed by atoms with van der Waals surface area (Å²) < 4.78 is 4.58. The summed E-state index contributed by atoms with van der Waals surface area (Å²) in [5, 5.41) is 13.4. The van der Waals surface area contributed by atoms with E-state index in [0.717, 1.165) is 0 Å². The first-order valence-electron chi connectivity index (χ1n) is 6.35. The zero-order valence-corrected chi connectivity index (χ0v) is 13.2. The van der Waals surface area contributed by atoms with E-state index >= 15 is 0 Å². The van der Waals surface area contributed by atoms with Gasteiger partial charge in [0.1, 0.15) is 0 Å². The zero-order chi connectivity index (χ0) is 16.7. The van der Waals surface area contributed by atoms with Crippen molar-refractivity contribution in [3.63, 3.8) is 0 Å². The summed E-state index contributed by atoms with van der Waals surface area (Å²) in [6, 6.07) is 4.04. The first kappa shape index (κ1) is 18.3. The van der Waals surface area contributed by atoms with Gasteiger partial charge in [-0.25, -0.2) is 0 Å². The summed E-state index contributed by atoms with van der Waals surface area (Å²) in [5.74, 6) is -2.43. The molecule has 0 saturated heterocycles. The van der Waals surface area contributed by atoms with Crippen LogP contribution in [0.15, 0.2) is 18.2 Å². The number of amides is 1. The molecule has 0 radical (unpaired) electrons. The number of hydrogen-bond acceptors (Lipinski definition) is 5. The summed E-state index contributed by atoms with van der Waals surface area (Å²) >= 11 is 12.0. The van der Waals surface area contributed by atoms with Gasteiger partial charge >= 0.3 is 5.97 Å². The molecule has 8 heteroatoms. The monoisotopic (exact) mass is 346 g/mol. The van der Waals surface area contributed by atoms with Crippen LogP contribution in [0.4, 0.5) is 0 Å². The lowest BCUT2D eigenvalue weighted by atomic mass is 10.0. The highest BCUT2D eigenvalue weighted by Crippen LogP contribution is 2.31. The van der Waals surface area contributed by atoms with Crippen LogP contribution in [-0.2, 0) is 19.1 Å². The van der Waals surface area contributed by atoms with E-state index in [9.17, 15) is 19.5 Å². The Morgan fingerprint density at radius 1 is 1.27 bits per heavy atom. The molecule has 6 nitrogen and oxygen atoms in total. The largest absolute Gasteiger partial charge is 0.550 e. The summed E-state index contributed by atoms with van der Waals surface area (Å²) in [5.41, 5.74) is 0.446. The second kappa shape index (κ2) is 8.60. The lowest BCUT2D eigenvalue weighted by Gasteiger charge is -2.20. The Balaban J connectivity index is 2.93. The predicted molar refractivity (Wildman–Crippen MR) is 78.2 cm³/mol. The minimum Gasteiger partial charge on any atom is -0.550 e. The second-order valence-corrected chi connectivity index (χ2v) is 5.20. The summed E-state index contributed by atoms with van der Waals surface area (Å²) in [6.07, 6.45) is -0.841. The second-order valence-electron chi connectivity index (χ2n) is 4.42. The van der Waals surface area contributed by atoms with E-state index in [4.69, 9.17) is 23.2 Å². The number of carbonyl (C=O) groups is 3. The Morgan fingerprint density at radius 3 is 2.55 bits per heavy atom. The van der Waals surface area contributed by atoms with Crippen LogP contribution < -0.4 is 10.4 Å². The highest BCUT2D eigenvalue weighted by atomic mass is 35.5. The van der Waals surface area contributed by atoms with Crippen molar-refractivity contribution >= 4 is 41.0 Å². The van der Waals surface area contributed by atoms with Gasteiger partial charge in [0, 0.05) is 12.4 Å². The third kappa shape index (κ3) is 5.54. The van der Waals surface area contributed by atoms with E-state index in [2.05, 4.69) is 10.1 Å². The van der Waals surface area contributed by atoms with Gasteiger partial charge < -0.3 is 20.0 Å². The summed E-state index contributed by atoms with van der Waals surface area (Å²) in [4.78, 5) is 33.6. The van der Waals surface area contributed by atoms with Crippen molar-refractivity contribution in [1.82, 2.24) is 5.32 Å². The van der Waals surface area contributed by atoms with Gasteiger partial charge in [-0.1, -0.05) is 35.3 Å². The molecule has 0 aliphatic heterocycles. The predicted octanol–water partition coefficient (Wildman–Crippen LogP) is 1.24. The maximum absolute atomic E-state index is 11.8. The van der Waals surface area contributed by atoms with Crippen LogP contribution in [-0.4, -0.2) is 25.0 Å². The van der Waals surface area contributed by atoms with Crippen LogP contribution >= 0.6 is 23.2 Å². The molecule has 22 heavy (non-hydrogen) atoms. The summed E-state index contributed by atoms with van der Waals surface area (Å²) in [7, 11) is 1.22. The minimum absolute atomic E-state index is 0.159. The van der Waals surface area contributed by atoms with E-state index in [1.807, 2.05) is 0 Å². The van der Waals surface area contributed by atoms with Crippen LogP contribution in [0.1, 0.15) is 30.9 Å². The molecule has 1 atom stereocenters. The Morgan fingerprint density at radius 2 is 1.95 bits per heavy atom. The number of methoxy groups -OCH3 is 1. The fourth-order valence-corrected chi connectivity index (χ4v) is 2.20. The normalized spacial score (nSPS) is 11.6. The standard InChI is InChI=1S/C14H15Cl2NO5/c1-22-13(21)7-10(17-11(18)5-6-12(19)20)8-3-2-4-9(15)14(8)16/h2-4,10H,5-7H2,1H3,(H,17,18)(H,19,20)/p-1/t10-/m0/s1. The van der Waals surface area contributed by atoms with Crippen molar-refractivity contribution in [2.75, 3.05) is 7.11 Å². The van der Waals surface area contributed by atoms with Crippen LogP contribution in [0.25, 0.3) is 0 Å². The Bertz CT molecular complexity index is 576. The molecule has 0 bridgehead atoms. The van der Waals surface area contributed by atoms with Crippen molar-refractivity contribution < 1.29 is 24.2 Å². The molecular formula is C14H14Cl2NO5-. The van der Waals surface area contributed by atoms with Crippen molar-refractivity contribution in [2.24, 2.45) is 0 Å². The molecule has 0 spiro atoms. The summed E-state index contributed by atoms with van der Waals surface area (Å²) in [6.45, 7) is 0. The zero-order valence-electron chi connectivity index (χ0n) is 11.7. The number of rotatable bonds is 7. The van der Waals surface area contributed by atoms with E-state index in [1.165, 1.54) is 7.11 Å². The van der Waals surface area contributed by atoms with E-state index < -0.39 is 30.3 Å². The molecule has 0 aromatic heterocycles. The Labute approximate surface area is 137 Å². The van der Waals surface area contributed by atoms with E-state index in [0.29, 0.717) is 5.56 Å². The van der Waals surface area contributed by atoms with Gasteiger partial charge in [0.15, 0.2) is 0 Å². The third-order valence-electron chi connectivity index (χ3n) is 2.85. The lowest BCUT2D eigenvalue weighted by Crippen LogP contribution is -2.32. The molecule has 0 fully saturated rings. The first-order valence-corrected chi connectivity index (χ1v) is 7.10. The first-order chi connectivity index (χ1) is 10.3. The van der Waals surface area contributed by atoms with Gasteiger partial charge in [0.25, 0.3) is 0 Å². The maximum Gasteiger partial charge on any atom is 0.307 e. The number of carbonyl (C=O) groups excluding carboxylic acids is 3. The minimum atomic E-state index is -1.33. The van der Waals surface area contributed by atoms with Gasteiger partial charge in [-0.2, -0.15) is 0 Å². The van der Waals surface area contributed by atoms with Crippen LogP contribution in [0.2, 0.25) is 10.0 Å². The molecule has 1 amide bonds. The fourth-order valence-electron chi connectivity index (χ4n) is 1.76. The van der Waals surface area contributed by atoms with Crippen LogP contribution in [0.5, 0.6) is 0 Å². The number of nitrogens with one attached hydrogen (secondary N) is 1. The molecular weight excluding hydrogens is 333 g/mol. The highest BCUT2D eigenvalue weighted by Gasteiger charge is 2.22. The van der Waals surface area contributed by atoms with Crippen LogP contribution in [0.3, 0.4) is 0 Å². The molecule has 0 aliphatic rings. The van der Waals surface area contributed by atoms with Crippen molar-refractivity contribution in [1.29, 1.82) is 0 Å². The van der Waals surface area contributed by atoms with Crippen LogP contribution in [0, 0.1) is 0 Å². The lowest BCUT2D eigenvalue weighted by molar-refractivity contribution is -0.305. The molecule has 120 valence electrons. The molecule has 0 unspecified atom stereocenters. The SMILES string of the molecule is COC(=O)C[C@H](NC(=O)CCC(=O)[O-])c1cccc(Cl)c1Cl. The average molecular weight is 347 g/mol. The smallest absolute Gasteiger partial charge is 0.307 e.